The van der Waals surface area contributed by atoms with E-state index in [1.165, 1.54) is 24.2 Å². The number of hydrogen-bond donors (Lipinski definition) is 3. The van der Waals surface area contributed by atoms with Crippen LogP contribution in [-0.2, 0) is 16.0 Å². The number of hydrogen-bond acceptors (Lipinski definition) is 2. The number of piperidine rings is 1. The molecule has 5 heteroatoms. The molecule has 0 radical (unpaired) electrons. The zero-order valence-corrected chi connectivity index (χ0v) is 16.5. The Morgan fingerprint density at radius 1 is 0.963 bits per heavy atom. The van der Waals surface area contributed by atoms with Crippen LogP contribution < -0.4 is 15.5 Å². The summed E-state index contributed by atoms with van der Waals surface area (Å²) in [5.74, 6) is 0.886. The van der Waals surface area contributed by atoms with Gasteiger partial charge in [-0.05, 0) is 24.3 Å². The van der Waals surface area contributed by atoms with Crippen molar-refractivity contribution in [3.8, 4) is 0 Å². The van der Waals surface area contributed by atoms with Crippen molar-refractivity contribution < 1.29 is 14.5 Å². The lowest BCUT2D eigenvalue weighted by molar-refractivity contribution is -0.897. The molecular formula is C22H34N3O2+. The molecule has 0 spiro atoms. The van der Waals surface area contributed by atoms with Crippen LogP contribution >= 0.6 is 0 Å². The molecule has 2 atom stereocenters. The first-order valence-corrected chi connectivity index (χ1v) is 10.6. The third-order valence-corrected chi connectivity index (χ3v) is 6.13. The highest BCUT2D eigenvalue weighted by Gasteiger charge is 2.27. The number of carbonyl (C=O) groups is 2. The molecule has 1 saturated heterocycles. The minimum Gasteiger partial charge on any atom is -0.353 e. The molecule has 0 aromatic heterocycles. The topological polar surface area (TPSA) is 62.6 Å². The lowest BCUT2D eigenvalue weighted by Gasteiger charge is -2.32. The average Bonchev–Trinajstić information content (AvgIpc) is 2.66. The van der Waals surface area contributed by atoms with Crippen molar-refractivity contribution >= 4 is 11.8 Å². The molecule has 3 rings (SSSR count). The van der Waals surface area contributed by atoms with E-state index in [-0.39, 0.29) is 17.9 Å². The van der Waals surface area contributed by atoms with E-state index in [1.807, 2.05) is 30.3 Å². The van der Waals surface area contributed by atoms with Crippen LogP contribution in [-0.4, -0.2) is 43.5 Å². The third-order valence-electron chi connectivity index (χ3n) is 6.13. The minimum absolute atomic E-state index is 0.0960. The van der Waals surface area contributed by atoms with Gasteiger partial charge >= 0.3 is 0 Å². The van der Waals surface area contributed by atoms with Gasteiger partial charge in [-0.1, -0.05) is 50.1 Å². The zero-order chi connectivity index (χ0) is 19.1. The minimum atomic E-state index is 0.0960. The van der Waals surface area contributed by atoms with Crippen molar-refractivity contribution in [3.05, 3.63) is 35.9 Å². The molecule has 1 heterocycles. The summed E-state index contributed by atoms with van der Waals surface area (Å²) in [5.41, 5.74) is 1.05. The molecule has 1 saturated carbocycles. The van der Waals surface area contributed by atoms with Crippen molar-refractivity contribution in [1.29, 1.82) is 0 Å². The fraction of sp³-hybridized carbons (Fsp3) is 0.636. The predicted molar refractivity (Wildman–Crippen MR) is 106 cm³/mol. The van der Waals surface area contributed by atoms with Crippen LogP contribution in [0.1, 0.15) is 51.0 Å². The van der Waals surface area contributed by atoms with Gasteiger partial charge in [-0.15, -0.1) is 0 Å². The van der Waals surface area contributed by atoms with Gasteiger partial charge in [-0.2, -0.15) is 0 Å². The maximum absolute atomic E-state index is 12.4. The highest BCUT2D eigenvalue weighted by molar-refractivity contribution is 5.79. The fourth-order valence-corrected chi connectivity index (χ4v) is 4.42. The smallest absolute Gasteiger partial charge is 0.275 e. The summed E-state index contributed by atoms with van der Waals surface area (Å²) in [7, 11) is 0. The van der Waals surface area contributed by atoms with E-state index >= 15 is 0 Å². The van der Waals surface area contributed by atoms with E-state index in [4.69, 9.17) is 0 Å². The van der Waals surface area contributed by atoms with Crippen molar-refractivity contribution in [2.75, 3.05) is 19.6 Å². The van der Waals surface area contributed by atoms with Gasteiger partial charge in [-0.25, -0.2) is 0 Å². The number of rotatable bonds is 6. The van der Waals surface area contributed by atoms with E-state index in [9.17, 15) is 9.59 Å². The van der Waals surface area contributed by atoms with Crippen LogP contribution in [0.5, 0.6) is 0 Å². The molecule has 0 bridgehead atoms. The van der Waals surface area contributed by atoms with Crippen LogP contribution in [0.4, 0.5) is 0 Å². The normalized spacial score (nSPS) is 28.3. The standard InChI is InChI=1S/C22H33N3O2/c1-17-7-5-6-10-20(17)24-22(27)16-25-13-11-19(12-14-25)23-21(26)15-18-8-3-2-4-9-18/h2-4,8-9,17,19-20H,5-7,10-16H2,1H3,(H,23,26)(H,24,27)/p+1/t17-,20-/m1/s1. The van der Waals surface area contributed by atoms with Gasteiger partial charge in [0.1, 0.15) is 0 Å². The van der Waals surface area contributed by atoms with Crippen LogP contribution in [0, 0.1) is 5.92 Å². The Balaban J connectivity index is 1.34. The number of amides is 2. The second-order valence-corrected chi connectivity index (χ2v) is 8.37. The van der Waals surface area contributed by atoms with E-state index in [0.29, 0.717) is 24.9 Å². The first-order valence-electron chi connectivity index (χ1n) is 10.6. The highest BCUT2D eigenvalue weighted by Crippen LogP contribution is 2.23. The summed E-state index contributed by atoms with van der Waals surface area (Å²) in [6.07, 6.45) is 7.21. The quantitative estimate of drug-likeness (QED) is 0.700. The van der Waals surface area contributed by atoms with Crippen LogP contribution in [0.2, 0.25) is 0 Å². The third kappa shape index (κ3) is 6.35. The number of quaternary nitrogens is 1. The maximum atomic E-state index is 12.4. The van der Waals surface area contributed by atoms with E-state index in [0.717, 1.165) is 37.9 Å². The monoisotopic (exact) mass is 372 g/mol. The van der Waals surface area contributed by atoms with Crippen molar-refractivity contribution in [2.45, 2.75) is 64.0 Å². The highest BCUT2D eigenvalue weighted by atomic mass is 16.2. The molecule has 1 aliphatic heterocycles. The molecule has 1 aromatic rings. The fourth-order valence-electron chi connectivity index (χ4n) is 4.42. The Morgan fingerprint density at radius 3 is 2.37 bits per heavy atom. The maximum Gasteiger partial charge on any atom is 0.275 e. The van der Waals surface area contributed by atoms with Crippen molar-refractivity contribution in [1.82, 2.24) is 10.6 Å². The van der Waals surface area contributed by atoms with Crippen LogP contribution in [0.15, 0.2) is 30.3 Å². The van der Waals surface area contributed by atoms with E-state index < -0.39 is 0 Å². The lowest BCUT2D eigenvalue weighted by atomic mass is 9.86. The summed E-state index contributed by atoms with van der Waals surface area (Å²) in [6.45, 7) is 4.71. The number of likely N-dealkylation sites (tertiary alicyclic amines) is 1. The Bertz CT molecular complexity index is 611. The van der Waals surface area contributed by atoms with Gasteiger partial charge in [0, 0.05) is 24.9 Å². The molecule has 3 N–H and O–H groups in total. The molecule has 2 amide bonds. The Labute approximate surface area is 162 Å². The first kappa shape index (κ1) is 19.9. The molecule has 2 fully saturated rings. The Morgan fingerprint density at radius 2 is 1.67 bits per heavy atom. The van der Waals surface area contributed by atoms with Crippen LogP contribution in [0.25, 0.3) is 0 Å². The Hall–Kier alpha value is -1.88. The summed E-state index contributed by atoms with van der Waals surface area (Å²) in [6, 6.07) is 10.5. The van der Waals surface area contributed by atoms with Gasteiger partial charge in [0.05, 0.1) is 19.5 Å². The average molecular weight is 373 g/mol. The number of benzene rings is 1. The van der Waals surface area contributed by atoms with Crippen molar-refractivity contribution in [3.63, 3.8) is 0 Å². The SMILES string of the molecule is C[C@@H]1CCCC[C@H]1NC(=O)C[NH+]1CCC(NC(=O)Cc2ccccc2)CC1. The van der Waals surface area contributed by atoms with E-state index in [2.05, 4.69) is 17.6 Å². The zero-order valence-electron chi connectivity index (χ0n) is 16.5. The molecule has 1 aliphatic carbocycles. The molecule has 5 nitrogen and oxygen atoms in total. The summed E-state index contributed by atoms with van der Waals surface area (Å²) >= 11 is 0. The molecular weight excluding hydrogens is 338 g/mol. The summed E-state index contributed by atoms with van der Waals surface area (Å²) < 4.78 is 0. The van der Waals surface area contributed by atoms with E-state index in [1.54, 1.807) is 0 Å². The van der Waals surface area contributed by atoms with Gasteiger partial charge < -0.3 is 15.5 Å². The van der Waals surface area contributed by atoms with Gasteiger partial charge in [0.2, 0.25) is 5.91 Å². The predicted octanol–water partition coefficient (Wildman–Crippen LogP) is 1.09. The summed E-state index contributed by atoms with van der Waals surface area (Å²) in [5, 5.41) is 6.42. The molecule has 0 unspecified atom stereocenters. The van der Waals surface area contributed by atoms with Gasteiger partial charge in [0.15, 0.2) is 6.54 Å². The van der Waals surface area contributed by atoms with Gasteiger partial charge in [-0.3, -0.25) is 9.59 Å². The van der Waals surface area contributed by atoms with Crippen LogP contribution in [0.3, 0.4) is 0 Å². The summed E-state index contributed by atoms with van der Waals surface area (Å²) in [4.78, 5) is 25.9. The molecule has 27 heavy (non-hydrogen) atoms. The molecule has 2 aliphatic rings. The van der Waals surface area contributed by atoms with Gasteiger partial charge in [0.25, 0.3) is 5.91 Å². The van der Waals surface area contributed by atoms with Crippen molar-refractivity contribution in [2.24, 2.45) is 5.92 Å². The first-order chi connectivity index (χ1) is 13.1. The molecule has 148 valence electrons. The number of carbonyl (C=O) groups excluding carboxylic acids is 2. The Kier molecular flexibility index (Phi) is 7.27. The largest absolute Gasteiger partial charge is 0.353 e. The number of nitrogens with one attached hydrogen (secondary N) is 3. The lowest BCUT2D eigenvalue weighted by Crippen LogP contribution is -3.14. The second-order valence-electron chi connectivity index (χ2n) is 8.37. The molecule has 1 aromatic carbocycles. The second kappa shape index (κ2) is 9.88.